The van der Waals surface area contributed by atoms with Crippen molar-refractivity contribution < 1.29 is 19.4 Å². The Bertz CT molecular complexity index is 792. The fourth-order valence-corrected chi connectivity index (χ4v) is 2.96. The highest BCUT2D eigenvalue weighted by molar-refractivity contribution is 6.32. The van der Waals surface area contributed by atoms with Crippen molar-refractivity contribution in [2.45, 2.75) is 39.7 Å². The smallest absolute Gasteiger partial charge is 0.310 e. The number of nitrogens with one attached hydrogen (secondary N) is 1. The van der Waals surface area contributed by atoms with Gasteiger partial charge in [-0.25, -0.2) is 0 Å². The first-order valence-electron chi connectivity index (χ1n) is 8.75. The van der Waals surface area contributed by atoms with Gasteiger partial charge in [-0.2, -0.15) is 0 Å². The molecule has 0 fully saturated rings. The molecular formula is C20H23ClN2O4. The van der Waals surface area contributed by atoms with E-state index in [2.05, 4.69) is 10.3 Å². The van der Waals surface area contributed by atoms with E-state index in [-0.39, 0.29) is 18.9 Å². The first kappa shape index (κ1) is 20.7. The van der Waals surface area contributed by atoms with Gasteiger partial charge in [0.15, 0.2) is 0 Å². The molecule has 1 aromatic heterocycles. The molecule has 0 spiro atoms. The lowest BCUT2D eigenvalue weighted by atomic mass is 9.79. The summed E-state index contributed by atoms with van der Waals surface area (Å²) in [7, 11) is 0. The standard InChI is InChI=1S/C20H23ClN2O4/c1-3-20(4-2,19(25)26)12-18(24)23-14-8-9-17(16(21)11-14)27-13-15-7-5-6-10-22-15/h5-11H,3-4,12-13H2,1-2H3,(H,23,24)(H,25,26). The van der Waals surface area contributed by atoms with Crippen LogP contribution >= 0.6 is 11.6 Å². The lowest BCUT2D eigenvalue weighted by Gasteiger charge is -2.25. The number of pyridine rings is 1. The molecule has 144 valence electrons. The van der Waals surface area contributed by atoms with E-state index in [1.807, 2.05) is 18.2 Å². The number of benzene rings is 1. The number of rotatable bonds is 9. The van der Waals surface area contributed by atoms with Crippen LogP contribution in [0, 0.1) is 5.41 Å². The average molecular weight is 391 g/mol. The maximum Gasteiger partial charge on any atom is 0.310 e. The molecule has 2 N–H and O–H groups in total. The largest absolute Gasteiger partial charge is 0.486 e. The fraction of sp³-hybridized carbons (Fsp3) is 0.350. The molecule has 0 radical (unpaired) electrons. The van der Waals surface area contributed by atoms with Crippen LogP contribution < -0.4 is 10.1 Å². The van der Waals surface area contributed by atoms with Crippen molar-refractivity contribution in [3.8, 4) is 5.75 Å². The molecule has 7 heteroatoms. The Kier molecular flexibility index (Phi) is 7.19. The fourth-order valence-electron chi connectivity index (χ4n) is 2.72. The van der Waals surface area contributed by atoms with E-state index in [0.717, 1.165) is 5.69 Å². The van der Waals surface area contributed by atoms with Crippen molar-refractivity contribution >= 4 is 29.2 Å². The van der Waals surface area contributed by atoms with Crippen LogP contribution in [-0.4, -0.2) is 22.0 Å². The van der Waals surface area contributed by atoms with E-state index in [0.29, 0.717) is 29.3 Å². The first-order valence-corrected chi connectivity index (χ1v) is 9.13. The van der Waals surface area contributed by atoms with E-state index in [1.165, 1.54) is 0 Å². The van der Waals surface area contributed by atoms with Gasteiger partial charge in [-0.15, -0.1) is 0 Å². The van der Waals surface area contributed by atoms with E-state index in [4.69, 9.17) is 16.3 Å². The summed E-state index contributed by atoms with van der Waals surface area (Å²) in [5.41, 5.74) is 0.205. The van der Waals surface area contributed by atoms with Gasteiger partial charge < -0.3 is 15.2 Å². The number of aromatic nitrogens is 1. The van der Waals surface area contributed by atoms with Crippen molar-refractivity contribution in [2.24, 2.45) is 5.41 Å². The number of nitrogens with zero attached hydrogens (tertiary/aromatic N) is 1. The number of ether oxygens (including phenoxy) is 1. The number of carboxylic acids is 1. The summed E-state index contributed by atoms with van der Waals surface area (Å²) in [4.78, 5) is 28.0. The zero-order valence-corrected chi connectivity index (χ0v) is 16.1. The molecule has 0 saturated heterocycles. The van der Waals surface area contributed by atoms with Crippen molar-refractivity contribution in [3.05, 3.63) is 53.3 Å². The minimum atomic E-state index is -1.06. The summed E-state index contributed by atoms with van der Waals surface area (Å²) in [5, 5.41) is 12.5. The SMILES string of the molecule is CCC(CC)(CC(=O)Nc1ccc(OCc2ccccn2)c(Cl)c1)C(=O)O. The Morgan fingerprint density at radius 2 is 1.96 bits per heavy atom. The maximum atomic E-state index is 12.3. The monoisotopic (exact) mass is 390 g/mol. The minimum Gasteiger partial charge on any atom is -0.486 e. The molecule has 0 unspecified atom stereocenters. The van der Waals surface area contributed by atoms with Gasteiger partial charge >= 0.3 is 5.97 Å². The topological polar surface area (TPSA) is 88.5 Å². The lowest BCUT2D eigenvalue weighted by molar-refractivity contribution is -0.151. The summed E-state index contributed by atoms with van der Waals surface area (Å²) >= 11 is 6.23. The lowest BCUT2D eigenvalue weighted by Crippen LogP contribution is -2.34. The second-order valence-corrected chi connectivity index (χ2v) is 6.68. The molecule has 0 saturated carbocycles. The highest BCUT2D eigenvalue weighted by Gasteiger charge is 2.37. The van der Waals surface area contributed by atoms with Crippen LogP contribution in [0.2, 0.25) is 5.02 Å². The van der Waals surface area contributed by atoms with E-state index in [1.54, 1.807) is 38.2 Å². The van der Waals surface area contributed by atoms with Crippen molar-refractivity contribution in [1.29, 1.82) is 0 Å². The number of carbonyl (C=O) groups is 2. The van der Waals surface area contributed by atoms with Crippen LogP contribution in [0.1, 0.15) is 38.8 Å². The molecular weight excluding hydrogens is 368 g/mol. The number of anilines is 1. The first-order chi connectivity index (χ1) is 12.9. The Labute approximate surface area is 163 Å². The van der Waals surface area contributed by atoms with Crippen LogP contribution in [0.15, 0.2) is 42.6 Å². The number of halogens is 1. The summed E-state index contributed by atoms with van der Waals surface area (Å²) in [5.74, 6) is -0.847. The van der Waals surface area contributed by atoms with Gasteiger partial charge in [-0.1, -0.05) is 31.5 Å². The number of aliphatic carboxylic acids is 1. The van der Waals surface area contributed by atoms with Crippen LogP contribution in [0.5, 0.6) is 5.75 Å². The molecule has 0 atom stereocenters. The molecule has 2 aromatic rings. The molecule has 0 bridgehead atoms. The second-order valence-electron chi connectivity index (χ2n) is 6.27. The minimum absolute atomic E-state index is 0.0924. The third kappa shape index (κ3) is 5.44. The molecule has 0 aliphatic heterocycles. The quantitative estimate of drug-likeness (QED) is 0.656. The van der Waals surface area contributed by atoms with E-state index >= 15 is 0 Å². The number of amides is 1. The van der Waals surface area contributed by atoms with Crippen molar-refractivity contribution in [3.63, 3.8) is 0 Å². The van der Waals surface area contributed by atoms with Gasteiger partial charge in [0.05, 0.1) is 16.1 Å². The summed E-state index contributed by atoms with van der Waals surface area (Å²) in [6.07, 6.45) is 2.36. The molecule has 0 aliphatic carbocycles. The van der Waals surface area contributed by atoms with E-state index in [9.17, 15) is 14.7 Å². The van der Waals surface area contributed by atoms with Gasteiger partial charge in [0.2, 0.25) is 5.91 Å². The second kappa shape index (κ2) is 9.37. The number of hydrogen-bond acceptors (Lipinski definition) is 4. The molecule has 27 heavy (non-hydrogen) atoms. The Hall–Kier alpha value is -2.60. The molecule has 0 aliphatic rings. The van der Waals surface area contributed by atoms with Crippen LogP contribution in [0.3, 0.4) is 0 Å². The summed E-state index contributed by atoms with van der Waals surface area (Å²) in [6, 6.07) is 10.4. The van der Waals surface area contributed by atoms with Crippen molar-refractivity contribution in [2.75, 3.05) is 5.32 Å². The normalized spacial score (nSPS) is 11.1. The third-order valence-corrected chi connectivity index (χ3v) is 4.92. The highest BCUT2D eigenvalue weighted by Crippen LogP contribution is 2.32. The Morgan fingerprint density at radius 3 is 2.52 bits per heavy atom. The van der Waals surface area contributed by atoms with E-state index < -0.39 is 11.4 Å². The summed E-state index contributed by atoms with van der Waals surface area (Å²) < 4.78 is 5.64. The van der Waals surface area contributed by atoms with Gasteiger partial charge in [-0.3, -0.25) is 14.6 Å². The molecule has 1 aromatic carbocycles. The van der Waals surface area contributed by atoms with Gasteiger partial charge in [-0.05, 0) is 43.2 Å². The Balaban J connectivity index is 2.00. The Morgan fingerprint density at radius 1 is 1.22 bits per heavy atom. The highest BCUT2D eigenvalue weighted by atomic mass is 35.5. The van der Waals surface area contributed by atoms with Gasteiger partial charge in [0.25, 0.3) is 0 Å². The predicted octanol–water partition coefficient (Wildman–Crippen LogP) is 4.53. The maximum absolute atomic E-state index is 12.3. The average Bonchev–Trinajstić information content (AvgIpc) is 2.66. The molecule has 6 nitrogen and oxygen atoms in total. The zero-order chi connectivity index (χ0) is 19.9. The molecule has 1 heterocycles. The molecule has 2 rings (SSSR count). The number of carboxylic acid groups (broad SMARTS) is 1. The van der Waals surface area contributed by atoms with Crippen LogP contribution in [0.4, 0.5) is 5.69 Å². The predicted molar refractivity (Wildman–Crippen MR) is 104 cm³/mol. The number of hydrogen-bond donors (Lipinski definition) is 2. The number of carbonyl (C=O) groups excluding carboxylic acids is 1. The third-order valence-electron chi connectivity index (χ3n) is 4.62. The molecule has 1 amide bonds. The van der Waals surface area contributed by atoms with Gasteiger partial charge in [0, 0.05) is 18.3 Å². The zero-order valence-electron chi connectivity index (χ0n) is 15.4. The van der Waals surface area contributed by atoms with Gasteiger partial charge in [0.1, 0.15) is 12.4 Å². The van der Waals surface area contributed by atoms with Crippen LogP contribution in [0.25, 0.3) is 0 Å². The van der Waals surface area contributed by atoms with Crippen LogP contribution in [-0.2, 0) is 16.2 Å². The van der Waals surface area contributed by atoms with Crippen molar-refractivity contribution in [1.82, 2.24) is 4.98 Å². The summed E-state index contributed by atoms with van der Waals surface area (Å²) in [6.45, 7) is 3.82.